The van der Waals surface area contributed by atoms with Gasteiger partial charge in [0.25, 0.3) is 0 Å². The zero-order chi connectivity index (χ0) is 16.0. The summed E-state index contributed by atoms with van der Waals surface area (Å²) in [5.74, 6) is 0. The Morgan fingerprint density at radius 3 is 2.67 bits per heavy atom. The minimum Gasteiger partial charge on any atom is -0.312 e. The van der Waals surface area contributed by atoms with Crippen LogP contribution in [-0.2, 0) is 16.6 Å². The normalized spacial score (nSPS) is 12.3. The van der Waals surface area contributed by atoms with E-state index in [1.807, 2.05) is 20.8 Å². The van der Waals surface area contributed by atoms with Crippen LogP contribution in [0.3, 0.4) is 0 Å². The van der Waals surface area contributed by atoms with Crippen molar-refractivity contribution in [3.63, 3.8) is 0 Å². The van der Waals surface area contributed by atoms with Crippen LogP contribution in [0.25, 0.3) is 0 Å². The van der Waals surface area contributed by atoms with Gasteiger partial charge in [0.05, 0.1) is 4.90 Å². The van der Waals surface area contributed by atoms with Gasteiger partial charge in [-0.2, -0.15) is 4.31 Å². The molecule has 0 aromatic carbocycles. The second-order valence-corrected chi connectivity index (χ2v) is 8.47. The molecule has 0 amide bonds. The molecule has 1 heterocycles. The van der Waals surface area contributed by atoms with Crippen LogP contribution in [0.5, 0.6) is 0 Å². The fourth-order valence-corrected chi connectivity index (χ4v) is 5.28. The standard InChI is InChI=1S/C15H26N2O2S2/c1-6-8-16-11-14-10-15(13(5)20-14)21(18,19)17(9-7-2)12(3)4/h7,10,12,16H,2,6,8-9,11H2,1,3-5H3. The Balaban J connectivity index is 3.04. The third-order valence-electron chi connectivity index (χ3n) is 3.12. The van der Waals surface area contributed by atoms with Crippen molar-refractivity contribution in [2.24, 2.45) is 0 Å². The van der Waals surface area contributed by atoms with E-state index in [0.717, 1.165) is 29.3 Å². The van der Waals surface area contributed by atoms with Crippen molar-refractivity contribution in [1.29, 1.82) is 0 Å². The predicted octanol–water partition coefficient (Wildman–Crippen LogP) is 3.14. The molecule has 0 aliphatic rings. The first-order valence-corrected chi connectivity index (χ1v) is 9.53. The molecule has 0 fully saturated rings. The average molecular weight is 331 g/mol. The molecule has 21 heavy (non-hydrogen) atoms. The summed E-state index contributed by atoms with van der Waals surface area (Å²) in [4.78, 5) is 2.33. The van der Waals surface area contributed by atoms with Crippen molar-refractivity contribution in [2.45, 2.75) is 51.6 Å². The maximum absolute atomic E-state index is 12.8. The Kier molecular flexibility index (Phi) is 7.06. The van der Waals surface area contributed by atoms with Gasteiger partial charge in [-0.25, -0.2) is 8.42 Å². The minimum atomic E-state index is -3.46. The number of aryl methyl sites for hydroxylation is 1. The fourth-order valence-electron chi connectivity index (χ4n) is 2.10. The van der Waals surface area contributed by atoms with Crippen LogP contribution in [0.15, 0.2) is 23.6 Å². The highest BCUT2D eigenvalue weighted by atomic mass is 32.2. The molecule has 0 aliphatic heterocycles. The maximum Gasteiger partial charge on any atom is 0.244 e. The van der Waals surface area contributed by atoms with Crippen LogP contribution >= 0.6 is 11.3 Å². The summed E-state index contributed by atoms with van der Waals surface area (Å²) in [7, 11) is -3.46. The van der Waals surface area contributed by atoms with E-state index in [9.17, 15) is 8.42 Å². The largest absolute Gasteiger partial charge is 0.312 e. The molecule has 0 aliphatic carbocycles. The molecule has 0 radical (unpaired) electrons. The third-order valence-corrected chi connectivity index (χ3v) is 6.47. The smallest absolute Gasteiger partial charge is 0.244 e. The highest BCUT2D eigenvalue weighted by Gasteiger charge is 2.28. The van der Waals surface area contributed by atoms with Crippen molar-refractivity contribution in [1.82, 2.24) is 9.62 Å². The zero-order valence-electron chi connectivity index (χ0n) is 13.3. The van der Waals surface area contributed by atoms with Gasteiger partial charge in [0, 0.05) is 28.9 Å². The van der Waals surface area contributed by atoms with E-state index in [2.05, 4.69) is 18.8 Å². The highest BCUT2D eigenvalue weighted by Crippen LogP contribution is 2.29. The van der Waals surface area contributed by atoms with Crippen LogP contribution in [0.1, 0.15) is 36.9 Å². The number of thiophene rings is 1. The Bertz CT molecular complexity index is 562. The van der Waals surface area contributed by atoms with Gasteiger partial charge < -0.3 is 5.32 Å². The molecular weight excluding hydrogens is 304 g/mol. The van der Waals surface area contributed by atoms with Gasteiger partial charge >= 0.3 is 0 Å². The van der Waals surface area contributed by atoms with Gasteiger partial charge in [-0.15, -0.1) is 17.9 Å². The summed E-state index contributed by atoms with van der Waals surface area (Å²) in [6, 6.07) is 1.71. The second-order valence-electron chi connectivity index (χ2n) is 5.27. The minimum absolute atomic E-state index is 0.0889. The summed E-state index contributed by atoms with van der Waals surface area (Å²) in [5, 5.41) is 3.31. The molecule has 0 atom stereocenters. The second kappa shape index (κ2) is 8.08. The molecule has 0 bridgehead atoms. The van der Waals surface area contributed by atoms with Gasteiger partial charge in [0.2, 0.25) is 10.0 Å². The van der Waals surface area contributed by atoms with Gasteiger partial charge in [-0.1, -0.05) is 13.0 Å². The van der Waals surface area contributed by atoms with Crippen LogP contribution in [-0.4, -0.2) is 31.9 Å². The van der Waals surface area contributed by atoms with Gasteiger partial charge in [-0.05, 0) is 39.8 Å². The van der Waals surface area contributed by atoms with Crippen molar-refractivity contribution in [2.75, 3.05) is 13.1 Å². The zero-order valence-corrected chi connectivity index (χ0v) is 15.0. The van der Waals surface area contributed by atoms with Crippen molar-refractivity contribution >= 4 is 21.4 Å². The number of nitrogens with one attached hydrogen (secondary N) is 1. The summed E-state index contributed by atoms with van der Waals surface area (Å²) in [6.45, 7) is 13.4. The summed E-state index contributed by atoms with van der Waals surface area (Å²) in [6.07, 6.45) is 2.69. The first kappa shape index (κ1) is 18.4. The quantitative estimate of drug-likeness (QED) is 0.559. The Morgan fingerprint density at radius 1 is 1.48 bits per heavy atom. The van der Waals surface area contributed by atoms with Gasteiger partial charge in [0.1, 0.15) is 0 Å². The summed E-state index contributed by atoms with van der Waals surface area (Å²) < 4.78 is 27.1. The lowest BCUT2D eigenvalue weighted by Crippen LogP contribution is -2.37. The molecule has 1 aromatic rings. The van der Waals surface area contributed by atoms with Crippen LogP contribution in [0, 0.1) is 6.92 Å². The molecule has 1 rings (SSSR count). The number of rotatable bonds is 9. The fraction of sp³-hybridized carbons (Fsp3) is 0.600. The van der Waals surface area contributed by atoms with Gasteiger partial charge in [-0.3, -0.25) is 0 Å². The lowest BCUT2D eigenvalue weighted by atomic mass is 10.4. The van der Waals surface area contributed by atoms with E-state index < -0.39 is 10.0 Å². The van der Waals surface area contributed by atoms with Gasteiger partial charge in [0.15, 0.2) is 0 Å². The molecule has 1 aromatic heterocycles. The lowest BCUT2D eigenvalue weighted by molar-refractivity contribution is 0.383. The molecule has 4 nitrogen and oxygen atoms in total. The summed E-state index contributed by atoms with van der Waals surface area (Å²) in [5.41, 5.74) is 0. The monoisotopic (exact) mass is 330 g/mol. The molecule has 1 N–H and O–H groups in total. The Hall–Kier alpha value is -0.690. The van der Waals surface area contributed by atoms with E-state index in [1.54, 1.807) is 23.5 Å². The molecule has 120 valence electrons. The lowest BCUT2D eigenvalue weighted by Gasteiger charge is -2.24. The number of sulfonamides is 1. The van der Waals surface area contributed by atoms with E-state index >= 15 is 0 Å². The predicted molar refractivity (Wildman–Crippen MR) is 90.3 cm³/mol. The van der Waals surface area contributed by atoms with E-state index in [4.69, 9.17) is 0 Å². The highest BCUT2D eigenvalue weighted by molar-refractivity contribution is 7.89. The van der Waals surface area contributed by atoms with Crippen molar-refractivity contribution < 1.29 is 8.42 Å². The first-order valence-electron chi connectivity index (χ1n) is 7.27. The molecular formula is C15H26N2O2S2. The Labute approximate surface area is 132 Å². The van der Waals surface area contributed by atoms with Crippen LogP contribution < -0.4 is 5.32 Å². The van der Waals surface area contributed by atoms with E-state index in [1.165, 1.54) is 4.31 Å². The molecule has 0 saturated heterocycles. The Morgan fingerprint density at radius 2 is 2.14 bits per heavy atom. The summed E-state index contributed by atoms with van der Waals surface area (Å²) >= 11 is 1.54. The first-order chi connectivity index (χ1) is 9.84. The van der Waals surface area contributed by atoms with Crippen LogP contribution in [0.4, 0.5) is 0 Å². The number of nitrogens with zero attached hydrogens (tertiary/aromatic N) is 1. The number of hydrogen-bond acceptors (Lipinski definition) is 4. The molecule has 0 unspecified atom stereocenters. The van der Waals surface area contributed by atoms with Crippen molar-refractivity contribution in [3.8, 4) is 0 Å². The van der Waals surface area contributed by atoms with Crippen molar-refractivity contribution in [3.05, 3.63) is 28.5 Å². The number of hydrogen-bond donors (Lipinski definition) is 1. The molecule has 6 heteroatoms. The molecule has 0 saturated carbocycles. The topological polar surface area (TPSA) is 49.4 Å². The molecule has 0 spiro atoms. The van der Waals surface area contributed by atoms with E-state index in [-0.39, 0.29) is 6.04 Å². The van der Waals surface area contributed by atoms with E-state index in [0.29, 0.717) is 11.4 Å². The maximum atomic E-state index is 12.8. The SMILES string of the molecule is C=CCN(C(C)C)S(=O)(=O)c1cc(CNCCC)sc1C. The van der Waals surface area contributed by atoms with Crippen LogP contribution in [0.2, 0.25) is 0 Å². The average Bonchev–Trinajstić information content (AvgIpc) is 2.77. The third kappa shape index (κ3) is 4.64.